The van der Waals surface area contributed by atoms with Gasteiger partial charge in [0.25, 0.3) is 0 Å². The highest BCUT2D eigenvalue weighted by Crippen LogP contribution is 2.19. The molecule has 102 valence electrons. The number of aliphatic hydroxyl groups is 1. The largest absolute Gasteiger partial charge is 0.393 e. The van der Waals surface area contributed by atoms with Gasteiger partial charge < -0.3 is 5.11 Å². The van der Waals surface area contributed by atoms with Crippen molar-refractivity contribution in [2.75, 3.05) is 13.6 Å². The smallest absolute Gasteiger partial charge is 0.245 e. The van der Waals surface area contributed by atoms with Crippen LogP contribution >= 0.6 is 0 Å². The number of rotatable bonds is 5. The first kappa shape index (κ1) is 15.1. The fraction of sp³-hybridized carbons (Fsp3) is 0.500. The summed E-state index contributed by atoms with van der Waals surface area (Å²) in [5.74, 6) is -0.760. The molecule has 1 aromatic carbocycles. The normalized spacial score (nSPS) is 13.9. The predicted molar refractivity (Wildman–Crippen MR) is 67.3 cm³/mol. The number of benzene rings is 1. The highest BCUT2D eigenvalue weighted by Gasteiger charge is 2.24. The Morgan fingerprint density at radius 3 is 2.61 bits per heavy atom. The summed E-state index contributed by atoms with van der Waals surface area (Å²) in [4.78, 5) is -0.324. The molecule has 0 aliphatic carbocycles. The number of aliphatic hydroxyl groups excluding tert-OH is 1. The Morgan fingerprint density at radius 1 is 1.44 bits per heavy atom. The van der Waals surface area contributed by atoms with E-state index in [-0.39, 0.29) is 11.4 Å². The van der Waals surface area contributed by atoms with E-state index in [9.17, 15) is 12.8 Å². The average Bonchev–Trinajstić information content (AvgIpc) is 2.28. The second-order valence-electron chi connectivity index (χ2n) is 4.40. The lowest BCUT2D eigenvalue weighted by molar-refractivity contribution is 0.177. The molecule has 0 heterocycles. The number of hydrogen-bond donors (Lipinski definition) is 1. The van der Waals surface area contributed by atoms with Crippen LogP contribution < -0.4 is 0 Å². The molecule has 1 rings (SSSR count). The third-order valence-electron chi connectivity index (χ3n) is 2.64. The van der Waals surface area contributed by atoms with Crippen molar-refractivity contribution in [2.45, 2.75) is 31.3 Å². The van der Waals surface area contributed by atoms with E-state index in [4.69, 9.17) is 5.11 Å². The van der Waals surface area contributed by atoms with Gasteiger partial charge in [0.1, 0.15) is 10.7 Å². The van der Waals surface area contributed by atoms with Crippen LogP contribution in [-0.4, -0.2) is 37.5 Å². The molecule has 0 spiro atoms. The second kappa shape index (κ2) is 5.77. The highest BCUT2D eigenvalue weighted by molar-refractivity contribution is 7.89. The Labute approximate surface area is 107 Å². The maximum atomic E-state index is 13.6. The summed E-state index contributed by atoms with van der Waals surface area (Å²) in [6.07, 6.45) is -0.284. The standard InChI is InChI=1S/C12H18FNO3S/c1-9-4-5-11(13)12(8-9)18(16,17)14(3)7-6-10(2)15/h4-5,8,10,15H,6-7H2,1-3H3. The van der Waals surface area contributed by atoms with E-state index in [0.29, 0.717) is 12.0 Å². The van der Waals surface area contributed by atoms with Gasteiger partial charge in [-0.3, -0.25) is 0 Å². The van der Waals surface area contributed by atoms with Gasteiger partial charge in [-0.15, -0.1) is 0 Å². The maximum absolute atomic E-state index is 13.6. The van der Waals surface area contributed by atoms with Crippen LogP contribution in [-0.2, 0) is 10.0 Å². The molecule has 0 amide bonds. The maximum Gasteiger partial charge on any atom is 0.245 e. The van der Waals surface area contributed by atoms with Crippen molar-refractivity contribution in [2.24, 2.45) is 0 Å². The Hall–Kier alpha value is -0.980. The number of hydrogen-bond acceptors (Lipinski definition) is 3. The van der Waals surface area contributed by atoms with Crippen LogP contribution in [0.4, 0.5) is 4.39 Å². The molecule has 1 atom stereocenters. The van der Waals surface area contributed by atoms with Gasteiger partial charge in [0.15, 0.2) is 0 Å². The van der Waals surface area contributed by atoms with Crippen LogP contribution in [0.2, 0.25) is 0 Å². The Balaban J connectivity index is 3.02. The van der Waals surface area contributed by atoms with Crippen LogP contribution in [0.25, 0.3) is 0 Å². The molecule has 0 aromatic heterocycles. The summed E-state index contributed by atoms with van der Waals surface area (Å²) >= 11 is 0. The zero-order chi connectivity index (χ0) is 13.9. The summed E-state index contributed by atoms with van der Waals surface area (Å²) in [5.41, 5.74) is 0.680. The van der Waals surface area contributed by atoms with Gasteiger partial charge in [0, 0.05) is 13.6 Å². The first-order chi connectivity index (χ1) is 8.25. The van der Waals surface area contributed by atoms with Gasteiger partial charge in [-0.2, -0.15) is 0 Å². The Kier molecular flexibility index (Phi) is 4.84. The molecule has 0 saturated carbocycles. The fourth-order valence-electron chi connectivity index (χ4n) is 1.46. The van der Waals surface area contributed by atoms with Gasteiger partial charge in [0.05, 0.1) is 6.10 Å². The zero-order valence-electron chi connectivity index (χ0n) is 10.7. The van der Waals surface area contributed by atoms with E-state index in [0.717, 1.165) is 10.4 Å². The minimum absolute atomic E-state index is 0.146. The van der Waals surface area contributed by atoms with Crippen LogP contribution in [0.15, 0.2) is 23.1 Å². The van der Waals surface area contributed by atoms with E-state index in [1.807, 2.05) is 0 Å². The van der Waals surface area contributed by atoms with Crippen LogP contribution in [0.1, 0.15) is 18.9 Å². The molecule has 0 aliphatic heterocycles. The molecule has 0 radical (unpaired) electrons. The summed E-state index contributed by atoms with van der Waals surface area (Å²) in [5, 5.41) is 9.14. The van der Waals surface area contributed by atoms with Gasteiger partial charge in [-0.05, 0) is 38.0 Å². The SMILES string of the molecule is Cc1ccc(F)c(S(=O)(=O)N(C)CCC(C)O)c1. The third kappa shape index (κ3) is 3.51. The number of halogens is 1. The lowest BCUT2D eigenvalue weighted by atomic mass is 10.2. The molecule has 0 bridgehead atoms. The Morgan fingerprint density at radius 2 is 2.06 bits per heavy atom. The quantitative estimate of drug-likeness (QED) is 0.886. The molecule has 6 heteroatoms. The summed E-state index contributed by atoms with van der Waals surface area (Å²) < 4.78 is 38.9. The summed E-state index contributed by atoms with van der Waals surface area (Å²) in [6.45, 7) is 3.43. The number of aryl methyl sites for hydroxylation is 1. The Bertz CT molecular complexity index is 514. The van der Waals surface area contributed by atoms with E-state index >= 15 is 0 Å². The van der Waals surface area contributed by atoms with Crippen molar-refractivity contribution in [3.05, 3.63) is 29.6 Å². The number of sulfonamides is 1. The molecule has 4 nitrogen and oxygen atoms in total. The predicted octanol–water partition coefficient (Wildman–Crippen LogP) is 1.53. The van der Waals surface area contributed by atoms with Gasteiger partial charge in [-0.1, -0.05) is 6.07 Å². The third-order valence-corrected chi connectivity index (χ3v) is 4.51. The molecule has 0 aliphatic rings. The molecule has 0 saturated heterocycles. The van der Waals surface area contributed by atoms with E-state index in [1.54, 1.807) is 13.8 Å². The van der Waals surface area contributed by atoms with Crippen molar-refractivity contribution in [1.82, 2.24) is 4.31 Å². The van der Waals surface area contributed by atoms with Crippen molar-refractivity contribution < 1.29 is 17.9 Å². The average molecular weight is 275 g/mol. The summed E-state index contributed by atoms with van der Waals surface area (Å²) in [7, 11) is -2.47. The molecular formula is C12H18FNO3S. The minimum Gasteiger partial charge on any atom is -0.393 e. The summed E-state index contributed by atoms with van der Waals surface area (Å²) in [6, 6.07) is 3.97. The van der Waals surface area contributed by atoms with Crippen molar-refractivity contribution >= 4 is 10.0 Å². The van der Waals surface area contributed by atoms with Crippen LogP contribution in [0.3, 0.4) is 0 Å². The molecule has 1 unspecified atom stereocenters. The van der Waals surface area contributed by atoms with Crippen LogP contribution in [0.5, 0.6) is 0 Å². The second-order valence-corrected chi connectivity index (χ2v) is 6.41. The van der Waals surface area contributed by atoms with Crippen molar-refractivity contribution in [3.63, 3.8) is 0 Å². The fourth-order valence-corrected chi connectivity index (χ4v) is 2.80. The lowest BCUT2D eigenvalue weighted by Gasteiger charge is -2.18. The van der Waals surface area contributed by atoms with E-state index in [1.165, 1.54) is 19.2 Å². The van der Waals surface area contributed by atoms with Gasteiger partial charge in [0.2, 0.25) is 10.0 Å². The van der Waals surface area contributed by atoms with E-state index in [2.05, 4.69) is 0 Å². The molecular weight excluding hydrogens is 257 g/mol. The van der Waals surface area contributed by atoms with Crippen LogP contribution in [0, 0.1) is 12.7 Å². The van der Waals surface area contributed by atoms with Crippen molar-refractivity contribution in [1.29, 1.82) is 0 Å². The van der Waals surface area contributed by atoms with Gasteiger partial charge in [-0.25, -0.2) is 17.1 Å². The van der Waals surface area contributed by atoms with Gasteiger partial charge >= 0.3 is 0 Å². The zero-order valence-corrected chi connectivity index (χ0v) is 11.5. The molecule has 1 N–H and O–H groups in total. The number of nitrogens with zero attached hydrogens (tertiary/aromatic N) is 1. The molecule has 1 aromatic rings. The first-order valence-electron chi connectivity index (χ1n) is 5.65. The monoisotopic (exact) mass is 275 g/mol. The molecule has 0 fully saturated rings. The minimum atomic E-state index is -3.84. The van der Waals surface area contributed by atoms with E-state index < -0.39 is 21.9 Å². The topological polar surface area (TPSA) is 57.6 Å². The highest BCUT2D eigenvalue weighted by atomic mass is 32.2. The lowest BCUT2D eigenvalue weighted by Crippen LogP contribution is -2.30. The molecule has 18 heavy (non-hydrogen) atoms. The first-order valence-corrected chi connectivity index (χ1v) is 7.09. The van der Waals surface area contributed by atoms with Crippen molar-refractivity contribution in [3.8, 4) is 0 Å².